The van der Waals surface area contributed by atoms with E-state index in [2.05, 4.69) is 15.6 Å². The van der Waals surface area contributed by atoms with Crippen molar-refractivity contribution in [1.29, 1.82) is 0 Å². The number of benzene rings is 1. The van der Waals surface area contributed by atoms with Gasteiger partial charge >= 0.3 is 0 Å². The molecule has 0 spiro atoms. The SMILES string of the molecule is CCOc1cc(CNCc2ccncc2)ccc1OCC(=O)NC(C)(C)C.Cl.Cl. The van der Waals surface area contributed by atoms with Gasteiger partial charge in [-0.2, -0.15) is 0 Å². The van der Waals surface area contributed by atoms with E-state index in [1.807, 2.05) is 58.0 Å². The molecule has 0 unspecified atom stereocenters. The standard InChI is InChI=1S/C21H29N3O3.2ClH/c1-5-26-19-12-17(14-23-13-16-8-10-22-11-9-16)6-7-18(19)27-15-20(25)24-21(2,3)4;;/h6-12,23H,5,13-15H2,1-4H3,(H,24,25);2*1H. The quantitative estimate of drug-likeness (QED) is 0.614. The van der Waals surface area contributed by atoms with E-state index in [-0.39, 0.29) is 42.9 Å². The number of carbonyl (C=O) groups excluding carboxylic acids is 1. The fraction of sp³-hybridized carbons (Fsp3) is 0.429. The van der Waals surface area contributed by atoms with Crippen LogP contribution in [0.1, 0.15) is 38.8 Å². The van der Waals surface area contributed by atoms with Crippen LogP contribution < -0.4 is 20.1 Å². The lowest BCUT2D eigenvalue weighted by molar-refractivity contribution is -0.124. The third-order valence-corrected chi connectivity index (χ3v) is 3.59. The van der Waals surface area contributed by atoms with Crippen molar-refractivity contribution in [3.8, 4) is 11.5 Å². The monoisotopic (exact) mass is 443 g/mol. The van der Waals surface area contributed by atoms with Gasteiger partial charge in [0.1, 0.15) is 0 Å². The van der Waals surface area contributed by atoms with Crippen LogP contribution in [-0.4, -0.2) is 29.6 Å². The van der Waals surface area contributed by atoms with Crippen molar-refractivity contribution in [2.75, 3.05) is 13.2 Å². The normalized spacial score (nSPS) is 10.3. The van der Waals surface area contributed by atoms with Crippen molar-refractivity contribution in [3.05, 3.63) is 53.9 Å². The Morgan fingerprint density at radius 1 is 0.966 bits per heavy atom. The molecule has 0 aliphatic heterocycles. The summed E-state index contributed by atoms with van der Waals surface area (Å²) < 4.78 is 11.3. The van der Waals surface area contributed by atoms with Crippen LogP contribution in [-0.2, 0) is 17.9 Å². The summed E-state index contributed by atoms with van der Waals surface area (Å²) in [5, 5.41) is 6.27. The molecule has 6 nitrogen and oxygen atoms in total. The molecule has 0 aliphatic carbocycles. The maximum atomic E-state index is 12.0. The van der Waals surface area contributed by atoms with Crippen LogP contribution in [0, 0.1) is 0 Å². The zero-order valence-electron chi connectivity index (χ0n) is 17.4. The highest BCUT2D eigenvalue weighted by Crippen LogP contribution is 2.28. The highest BCUT2D eigenvalue weighted by Gasteiger charge is 2.15. The zero-order chi connectivity index (χ0) is 19.7. The topological polar surface area (TPSA) is 72.5 Å². The van der Waals surface area contributed by atoms with E-state index in [9.17, 15) is 4.79 Å². The summed E-state index contributed by atoms with van der Waals surface area (Å²) in [6, 6.07) is 9.73. The van der Waals surface area contributed by atoms with Gasteiger partial charge in [-0.1, -0.05) is 6.07 Å². The van der Waals surface area contributed by atoms with Crippen LogP contribution in [0.5, 0.6) is 11.5 Å². The lowest BCUT2D eigenvalue weighted by atomic mass is 10.1. The first-order valence-electron chi connectivity index (χ1n) is 9.16. The predicted molar refractivity (Wildman–Crippen MR) is 120 cm³/mol. The molecule has 0 saturated carbocycles. The third-order valence-electron chi connectivity index (χ3n) is 3.59. The molecule has 1 aromatic carbocycles. The van der Waals surface area contributed by atoms with Gasteiger partial charge in [0.05, 0.1) is 6.61 Å². The maximum Gasteiger partial charge on any atom is 0.258 e. The van der Waals surface area contributed by atoms with E-state index in [1.54, 1.807) is 12.4 Å². The van der Waals surface area contributed by atoms with Crippen molar-refractivity contribution >= 4 is 30.7 Å². The van der Waals surface area contributed by atoms with Gasteiger partial charge in [0.15, 0.2) is 18.1 Å². The van der Waals surface area contributed by atoms with Gasteiger partial charge in [0.2, 0.25) is 0 Å². The zero-order valence-corrected chi connectivity index (χ0v) is 19.0. The number of nitrogens with one attached hydrogen (secondary N) is 2. The Morgan fingerprint density at radius 2 is 1.62 bits per heavy atom. The molecule has 29 heavy (non-hydrogen) atoms. The molecule has 8 heteroatoms. The Morgan fingerprint density at radius 3 is 2.24 bits per heavy atom. The van der Waals surface area contributed by atoms with E-state index in [4.69, 9.17) is 9.47 Å². The van der Waals surface area contributed by atoms with Gasteiger partial charge in [-0.3, -0.25) is 9.78 Å². The summed E-state index contributed by atoms with van der Waals surface area (Å²) >= 11 is 0. The number of nitrogens with zero attached hydrogens (tertiary/aromatic N) is 1. The summed E-state index contributed by atoms with van der Waals surface area (Å²) in [4.78, 5) is 16.0. The molecule has 0 atom stereocenters. The van der Waals surface area contributed by atoms with Crippen molar-refractivity contribution in [2.24, 2.45) is 0 Å². The number of ether oxygens (including phenoxy) is 2. The minimum Gasteiger partial charge on any atom is -0.490 e. The first-order chi connectivity index (χ1) is 12.9. The van der Waals surface area contributed by atoms with E-state index in [1.165, 1.54) is 5.56 Å². The van der Waals surface area contributed by atoms with Gasteiger partial charge in [0.25, 0.3) is 5.91 Å². The van der Waals surface area contributed by atoms with E-state index < -0.39 is 0 Å². The molecule has 0 bridgehead atoms. The number of hydrogen-bond acceptors (Lipinski definition) is 5. The van der Waals surface area contributed by atoms with Crippen LogP contribution in [0.4, 0.5) is 0 Å². The average molecular weight is 444 g/mol. The molecule has 0 aliphatic rings. The van der Waals surface area contributed by atoms with Crippen molar-refractivity contribution in [1.82, 2.24) is 15.6 Å². The van der Waals surface area contributed by atoms with E-state index >= 15 is 0 Å². The molecule has 0 fully saturated rings. The molecular weight excluding hydrogens is 413 g/mol. The van der Waals surface area contributed by atoms with Gasteiger partial charge in [-0.15, -0.1) is 24.8 Å². The lowest BCUT2D eigenvalue weighted by Crippen LogP contribution is -2.43. The van der Waals surface area contributed by atoms with Crippen LogP contribution in [0.3, 0.4) is 0 Å². The summed E-state index contributed by atoms with van der Waals surface area (Å²) in [5.74, 6) is 1.05. The second kappa shape index (κ2) is 13.2. The highest BCUT2D eigenvalue weighted by atomic mass is 35.5. The minimum atomic E-state index is -0.284. The van der Waals surface area contributed by atoms with Gasteiger partial charge in [-0.25, -0.2) is 0 Å². The number of carbonyl (C=O) groups is 1. The summed E-state index contributed by atoms with van der Waals surface area (Å²) in [7, 11) is 0. The second-order valence-corrected chi connectivity index (χ2v) is 7.26. The molecular formula is C21H31Cl2N3O3. The van der Waals surface area contributed by atoms with Crippen molar-refractivity contribution in [2.45, 2.75) is 46.3 Å². The van der Waals surface area contributed by atoms with Gasteiger partial charge < -0.3 is 20.1 Å². The fourth-order valence-electron chi connectivity index (χ4n) is 2.50. The summed E-state index contributed by atoms with van der Waals surface area (Å²) in [5.41, 5.74) is 1.98. The summed E-state index contributed by atoms with van der Waals surface area (Å²) in [6.07, 6.45) is 3.57. The molecule has 0 saturated heterocycles. The van der Waals surface area contributed by atoms with Crippen LogP contribution in [0.15, 0.2) is 42.7 Å². The first-order valence-corrected chi connectivity index (χ1v) is 9.16. The molecule has 162 valence electrons. The molecule has 2 N–H and O–H groups in total. The highest BCUT2D eigenvalue weighted by molar-refractivity contribution is 5.85. The molecule has 2 rings (SSSR count). The Bertz CT molecular complexity index is 738. The first kappa shape index (κ1) is 27.0. The van der Waals surface area contributed by atoms with Crippen LogP contribution >= 0.6 is 24.8 Å². The number of amides is 1. The van der Waals surface area contributed by atoms with Gasteiger partial charge in [0, 0.05) is 31.0 Å². The van der Waals surface area contributed by atoms with E-state index in [0.29, 0.717) is 24.7 Å². The lowest BCUT2D eigenvalue weighted by Gasteiger charge is -2.21. The minimum absolute atomic E-state index is 0. The molecule has 1 aromatic heterocycles. The Hall–Kier alpha value is -2.02. The number of halogens is 2. The van der Waals surface area contributed by atoms with Gasteiger partial charge in [-0.05, 0) is 63.1 Å². The molecule has 0 radical (unpaired) electrons. The van der Waals surface area contributed by atoms with Crippen LogP contribution in [0.2, 0.25) is 0 Å². The smallest absolute Gasteiger partial charge is 0.258 e. The predicted octanol–water partition coefficient (Wildman–Crippen LogP) is 3.91. The average Bonchev–Trinajstić information content (AvgIpc) is 2.61. The molecule has 1 amide bonds. The second-order valence-electron chi connectivity index (χ2n) is 7.26. The number of pyridine rings is 1. The number of aromatic nitrogens is 1. The largest absolute Gasteiger partial charge is 0.490 e. The Balaban J connectivity index is 0.00000392. The number of rotatable bonds is 9. The Kier molecular flexibility index (Phi) is 12.3. The molecule has 1 heterocycles. The molecule has 2 aromatic rings. The van der Waals surface area contributed by atoms with Crippen LogP contribution in [0.25, 0.3) is 0 Å². The van der Waals surface area contributed by atoms with E-state index in [0.717, 1.165) is 12.1 Å². The third kappa shape index (κ3) is 10.4. The maximum absolute atomic E-state index is 12.0. The summed E-state index contributed by atoms with van der Waals surface area (Å²) in [6.45, 7) is 9.67. The van der Waals surface area contributed by atoms with Crippen molar-refractivity contribution < 1.29 is 14.3 Å². The number of hydrogen-bond donors (Lipinski definition) is 2. The Labute approximate surface area is 185 Å². The van der Waals surface area contributed by atoms with Crippen molar-refractivity contribution in [3.63, 3.8) is 0 Å². The fourth-order valence-corrected chi connectivity index (χ4v) is 2.50.